The predicted octanol–water partition coefficient (Wildman–Crippen LogP) is 1.20. The lowest BCUT2D eigenvalue weighted by atomic mass is 10.3. The first-order chi connectivity index (χ1) is 12.2. The molecular formula is C18H16N4O2S. The number of hydrogen-bond acceptors (Lipinski definition) is 6. The molecular weight excluding hydrogens is 336 g/mol. The Balaban J connectivity index is 1.68. The van der Waals surface area contributed by atoms with Gasteiger partial charge in [0.2, 0.25) is 0 Å². The fourth-order valence-corrected chi connectivity index (χ4v) is 3.61. The molecule has 1 aromatic carbocycles. The number of methoxy groups -OCH3 is 1. The molecule has 0 amide bonds. The summed E-state index contributed by atoms with van der Waals surface area (Å²) >= 11 is 1.40. The van der Waals surface area contributed by atoms with Gasteiger partial charge < -0.3 is 9.64 Å². The van der Waals surface area contributed by atoms with Gasteiger partial charge in [0, 0.05) is 11.9 Å². The van der Waals surface area contributed by atoms with Crippen LogP contribution in [0.3, 0.4) is 0 Å². The Hall–Kier alpha value is -2.93. The third-order valence-corrected chi connectivity index (χ3v) is 5.03. The summed E-state index contributed by atoms with van der Waals surface area (Å²) in [6, 6.07) is 13.4. The molecule has 7 heteroatoms. The highest BCUT2D eigenvalue weighted by Gasteiger charge is 2.16. The third kappa shape index (κ3) is 3.06. The summed E-state index contributed by atoms with van der Waals surface area (Å²) in [5, 5.41) is 0. The van der Waals surface area contributed by atoms with Crippen molar-refractivity contribution in [1.29, 1.82) is 0 Å². The van der Waals surface area contributed by atoms with E-state index in [1.807, 2.05) is 53.4 Å². The van der Waals surface area contributed by atoms with Crippen LogP contribution in [0.25, 0.3) is 6.08 Å². The number of fused-ring (bicyclic) bond motifs is 1. The Labute approximate surface area is 148 Å². The van der Waals surface area contributed by atoms with Gasteiger partial charge in [-0.05, 0) is 42.5 Å². The second-order valence-corrected chi connectivity index (χ2v) is 6.57. The minimum atomic E-state index is -0.0346. The number of aromatic nitrogens is 2. The zero-order chi connectivity index (χ0) is 17.2. The molecule has 3 heterocycles. The summed E-state index contributed by atoms with van der Waals surface area (Å²) in [6.07, 6.45) is 3.53. The molecule has 25 heavy (non-hydrogen) atoms. The summed E-state index contributed by atoms with van der Waals surface area (Å²) in [5.74, 6) is 0.804. The van der Waals surface area contributed by atoms with Crippen molar-refractivity contribution in [3.05, 3.63) is 74.0 Å². The van der Waals surface area contributed by atoms with E-state index in [0.29, 0.717) is 17.9 Å². The summed E-state index contributed by atoms with van der Waals surface area (Å²) in [6.45, 7) is 1.01. The Bertz CT molecular complexity index is 1060. The number of rotatable bonds is 3. The van der Waals surface area contributed by atoms with Crippen LogP contribution in [0.1, 0.15) is 5.69 Å². The van der Waals surface area contributed by atoms with Crippen LogP contribution in [0.2, 0.25) is 0 Å². The summed E-state index contributed by atoms with van der Waals surface area (Å²) in [7, 11) is 1.64. The van der Waals surface area contributed by atoms with Gasteiger partial charge >= 0.3 is 0 Å². The van der Waals surface area contributed by atoms with E-state index in [9.17, 15) is 4.79 Å². The van der Waals surface area contributed by atoms with E-state index in [0.717, 1.165) is 21.9 Å². The smallest absolute Gasteiger partial charge is 0.271 e. The fraction of sp³-hybridized carbons (Fsp3) is 0.167. The maximum atomic E-state index is 12.7. The number of benzene rings is 1. The van der Waals surface area contributed by atoms with Crippen LogP contribution >= 0.6 is 11.3 Å². The minimum absolute atomic E-state index is 0.0346. The van der Waals surface area contributed by atoms with Crippen molar-refractivity contribution in [3.63, 3.8) is 0 Å². The highest BCUT2D eigenvalue weighted by Crippen LogP contribution is 2.20. The van der Waals surface area contributed by atoms with E-state index in [2.05, 4.69) is 9.98 Å². The summed E-state index contributed by atoms with van der Waals surface area (Å²) < 4.78 is 7.54. The van der Waals surface area contributed by atoms with Crippen molar-refractivity contribution in [1.82, 2.24) is 9.55 Å². The standard InChI is InChI=1S/C18H16N4O2S/c1-24-15-7-5-14(6-8-15)21-11-20-18-22(12-21)17(23)16(25-18)10-13-4-2-3-9-19-13/h2-10H,11-12H2,1H3. The molecule has 1 aliphatic rings. The first kappa shape index (κ1) is 15.6. The SMILES string of the molecule is COc1ccc(N2CN=c3sc(=Cc4ccccn4)c(=O)n3C2)cc1. The number of nitrogens with zero attached hydrogens (tertiary/aromatic N) is 4. The van der Waals surface area contributed by atoms with Crippen molar-refractivity contribution < 1.29 is 4.74 Å². The Kier molecular flexibility index (Phi) is 4.07. The zero-order valence-electron chi connectivity index (χ0n) is 13.6. The molecule has 0 spiro atoms. The molecule has 0 bridgehead atoms. The Morgan fingerprint density at radius 3 is 2.76 bits per heavy atom. The first-order valence-corrected chi connectivity index (χ1v) is 8.62. The molecule has 6 nitrogen and oxygen atoms in total. The molecule has 0 fully saturated rings. The minimum Gasteiger partial charge on any atom is -0.497 e. The second kappa shape index (κ2) is 6.52. The summed E-state index contributed by atoms with van der Waals surface area (Å²) in [4.78, 5) is 24.3. The lowest BCUT2D eigenvalue weighted by Gasteiger charge is -2.25. The Morgan fingerprint density at radius 2 is 2.04 bits per heavy atom. The molecule has 3 aromatic rings. The van der Waals surface area contributed by atoms with Crippen LogP contribution in [0, 0.1) is 0 Å². The molecule has 0 atom stereocenters. The van der Waals surface area contributed by atoms with E-state index in [-0.39, 0.29) is 5.56 Å². The van der Waals surface area contributed by atoms with E-state index >= 15 is 0 Å². The highest BCUT2D eigenvalue weighted by molar-refractivity contribution is 7.07. The largest absolute Gasteiger partial charge is 0.497 e. The van der Waals surface area contributed by atoms with Gasteiger partial charge in [0.15, 0.2) is 4.80 Å². The van der Waals surface area contributed by atoms with E-state index in [1.54, 1.807) is 17.9 Å². The molecule has 0 saturated carbocycles. The van der Waals surface area contributed by atoms with Gasteiger partial charge in [-0.25, -0.2) is 4.99 Å². The van der Waals surface area contributed by atoms with Crippen LogP contribution in [-0.2, 0) is 6.67 Å². The van der Waals surface area contributed by atoms with Crippen LogP contribution in [0.15, 0.2) is 58.4 Å². The quantitative estimate of drug-likeness (QED) is 0.711. The average Bonchev–Trinajstić information content (AvgIpc) is 2.98. The van der Waals surface area contributed by atoms with Crippen LogP contribution < -0.4 is 24.5 Å². The second-order valence-electron chi connectivity index (χ2n) is 5.56. The van der Waals surface area contributed by atoms with Crippen LogP contribution in [0.5, 0.6) is 5.75 Å². The molecule has 0 unspecified atom stereocenters. The van der Waals surface area contributed by atoms with Gasteiger partial charge in [0.25, 0.3) is 5.56 Å². The molecule has 1 aliphatic heterocycles. The number of thiazole rings is 1. The first-order valence-electron chi connectivity index (χ1n) is 7.80. The highest BCUT2D eigenvalue weighted by atomic mass is 32.1. The zero-order valence-corrected chi connectivity index (χ0v) is 14.4. The number of pyridine rings is 1. The van der Waals surface area contributed by atoms with Gasteiger partial charge in [0.1, 0.15) is 19.1 Å². The van der Waals surface area contributed by atoms with Crippen molar-refractivity contribution >= 4 is 23.1 Å². The van der Waals surface area contributed by atoms with Crippen LogP contribution in [0.4, 0.5) is 5.69 Å². The molecule has 126 valence electrons. The van der Waals surface area contributed by atoms with Gasteiger partial charge in [-0.15, -0.1) is 0 Å². The number of anilines is 1. The third-order valence-electron chi connectivity index (χ3n) is 3.98. The molecule has 4 rings (SSSR count). The molecule has 0 saturated heterocycles. The molecule has 0 N–H and O–H groups in total. The van der Waals surface area contributed by atoms with Gasteiger partial charge in [-0.1, -0.05) is 17.4 Å². The lowest BCUT2D eigenvalue weighted by Crippen LogP contribution is -2.42. The normalized spacial score (nSPS) is 14.1. The van der Waals surface area contributed by atoms with E-state index in [1.165, 1.54) is 11.3 Å². The van der Waals surface area contributed by atoms with Gasteiger partial charge in [-0.3, -0.25) is 14.3 Å². The molecule has 0 radical (unpaired) electrons. The average molecular weight is 352 g/mol. The van der Waals surface area contributed by atoms with Crippen molar-refractivity contribution in [3.8, 4) is 5.75 Å². The van der Waals surface area contributed by atoms with Gasteiger partial charge in [-0.2, -0.15) is 0 Å². The topological polar surface area (TPSA) is 59.7 Å². The molecule has 2 aromatic heterocycles. The van der Waals surface area contributed by atoms with E-state index in [4.69, 9.17) is 4.74 Å². The molecule has 0 aliphatic carbocycles. The monoisotopic (exact) mass is 352 g/mol. The maximum absolute atomic E-state index is 12.7. The fourth-order valence-electron chi connectivity index (χ4n) is 2.66. The van der Waals surface area contributed by atoms with E-state index < -0.39 is 0 Å². The van der Waals surface area contributed by atoms with Gasteiger partial charge in [0.05, 0.1) is 17.3 Å². The van der Waals surface area contributed by atoms with Crippen molar-refractivity contribution in [2.45, 2.75) is 6.67 Å². The summed E-state index contributed by atoms with van der Waals surface area (Å²) in [5.41, 5.74) is 1.74. The van der Waals surface area contributed by atoms with Crippen molar-refractivity contribution in [2.75, 3.05) is 18.7 Å². The maximum Gasteiger partial charge on any atom is 0.271 e. The van der Waals surface area contributed by atoms with Crippen LogP contribution in [-0.4, -0.2) is 23.3 Å². The number of ether oxygens (including phenoxy) is 1. The lowest BCUT2D eigenvalue weighted by molar-refractivity contribution is 0.414. The number of hydrogen-bond donors (Lipinski definition) is 0. The van der Waals surface area contributed by atoms with Crippen molar-refractivity contribution in [2.24, 2.45) is 4.99 Å². The Morgan fingerprint density at radius 1 is 1.20 bits per heavy atom. The predicted molar refractivity (Wildman–Crippen MR) is 97.5 cm³/mol.